The van der Waals surface area contributed by atoms with E-state index in [1.807, 2.05) is 0 Å². The molecule has 0 bridgehead atoms. The SMILES string of the molecule is CNc1nccc(C(C)(F)F)n1. The molecule has 0 amide bonds. The fraction of sp³-hybridized carbons (Fsp3) is 0.429. The number of nitrogens with zero attached hydrogens (tertiary/aromatic N) is 2. The first-order valence-electron chi connectivity index (χ1n) is 3.43. The molecule has 0 spiro atoms. The van der Waals surface area contributed by atoms with Crippen molar-refractivity contribution >= 4 is 5.95 Å². The molecule has 12 heavy (non-hydrogen) atoms. The lowest BCUT2D eigenvalue weighted by Crippen LogP contribution is -2.11. The molecule has 1 N–H and O–H groups in total. The third kappa shape index (κ3) is 1.87. The molecule has 1 rings (SSSR count). The summed E-state index contributed by atoms with van der Waals surface area (Å²) in [6, 6.07) is 1.20. The van der Waals surface area contributed by atoms with Gasteiger partial charge in [-0.1, -0.05) is 0 Å². The Balaban J connectivity index is 3.02. The van der Waals surface area contributed by atoms with Crippen LogP contribution in [0.15, 0.2) is 12.3 Å². The van der Waals surface area contributed by atoms with Gasteiger partial charge in [-0.15, -0.1) is 0 Å². The number of hydrogen-bond donors (Lipinski definition) is 1. The molecule has 0 fully saturated rings. The van der Waals surface area contributed by atoms with Crippen LogP contribution in [0.4, 0.5) is 14.7 Å². The summed E-state index contributed by atoms with van der Waals surface area (Å²) >= 11 is 0. The van der Waals surface area contributed by atoms with Gasteiger partial charge >= 0.3 is 0 Å². The highest BCUT2D eigenvalue weighted by Crippen LogP contribution is 2.24. The second-order valence-electron chi connectivity index (χ2n) is 2.40. The van der Waals surface area contributed by atoms with E-state index in [1.165, 1.54) is 12.3 Å². The molecule has 1 aromatic heterocycles. The molecule has 0 atom stereocenters. The van der Waals surface area contributed by atoms with Crippen LogP contribution in [0.5, 0.6) is 0 Å². The standard InChI is InChI=1S/C7H9F2N3/c1-7(8,9)5-3-4-11-6(10-2)12-5/h3-4H,1-2H3,(H,10,11,12). The predicted octanol–water partition coefficient (Wildman–Crippen LogP) is 1.63. The third-order valence-electron chi connectivity index (χ3n) is 1.33. The minimum Gasteiger partial charge on any atom is -0.357 e. The quantitative estimate of drug-likeness (QED) is 0.738. The van der Waals surface area contributed by atoms with Crippen LogP contribution in [0.25, 0.3) is 0 Å². The first-order chi connectivity index (χ1) is 5.54. The minimum atomic E-state index is -2.91. The van der Waals surface area contributed by atoms with Crippen molar-refractivity contribution in [3.8, 4) is 0 Å². The Labute approximate surface area is 68.8 Å². The predicted molar refractivity (Wildman–Crippen MR) is 41.1 cm³/mol. The molecule has 1 aromatic rings. The van der Waals surface area contributed by atoms with Crippen molar-refractivity contribution in [3.05, 3.63) is 18.0 Å². The van der Waals surface area contributed by atoms with Crippen LogP contribution >= 0.6 is 0 Å². The average Bonchev–Trinajstić information content (AvgIpc) is 2.03. The Hall–Kier alpha value is -1.26. The van der Waals surface area contributed by atoms with Gasteiger partial charge in [0, 0.05) is 20.2 Å². The van der Waals surface area contributed by atoms with E-state index >= 15 is 0 Å². The number of hydrogen-bond acceptors (Lipinski definition) is 3. The van der Waals surface area contributed by atoms with E-state index in [4.69, 9.17) is 0 Å². The summed E-state index contributed by atoms with van der Waals surface area (Å²) in [5.74, 6) is -2.71. The molecule has 0 aromatic carbocycles. The zero-order chi connectivity index (χ0) is 9.19. The molecule has 5 heteroatoms. The van der Waals surface area contributed by atoms with Crippen molar-refractivity contribution in [3.63, 3.8) is 0 Å². The molecule has 0 aliphatic heterocycles. The van der Waals surface area contributed by atoms with Crippen LogP contribution in [-0.4, -0.2) is 17.0 Å². The highest BCUT2D eigenvalue weighted by Gasteiger charge is 2.26. The average molecular weight is 173 g/mol. The van der Waals surface area contributed by atoms with Gasteiger partial charge in [0.2, 0.25) is 5.95 Å². The molecule has 0 aliphatic carbocycles. The molecule has 0 saturated carbocycles. The van der Waals surface area contributed by atoms with Gasteiger partial charge in [-0.3, -0.25) is 0 Å². The number of halogens is 2. The van der Waals surface area contributed by atoms with Gasteiger partial charge in [0.1, 0.15) is 5.69 Å². The van der Waals surface area contributed by atoms with E-state index in [0.717, 1.165) is 6.92 Å². The summed E-state index contributed by atoms with van der Waals surface area (Å²) in [6.07, 6.45) is 1.30. The van der Waals surface area contributed by atoms with Crippen LogP contribution in [0.1, 0.15) is 12.6 Å². The highest BCUT2D eigenvalue weighted by atomic mass is 19.3. The first-order valence-corrected chi connectivity index (χ1v) is 3.43. The van der Waals surface area contributed by atoms with Crippen molar-refractivity contribution in [2.45, 2.75) is 12.8 Å². The monoisotopic (exact) mass is 173 g/mol. The Kier molecular flexibility index (Phi) is 2.21. The second kappa shape index (κ2) is 3.00. The maximum absolute atomic E-state index is 12.7. The summed E-state index contributed by atoms with van der Waals surface area (Å²) in [6.45, 7) is 0.800. The highest BCUT2D eigenvalue weighted by molar-refractivity contribution is 5.24. The van der Waals surface area contributed by atoms with Crippen LogP contribution in [0.2, 0.25) is 0 Å². The van der Waals surface area contributed by atoms with Crippen LogP contribution < -0.4 is 5.32 Å². The molecule has 0 aliphatic rings. The lowest BCUT2D eigenvalue weighted by atomic mass is 10.3. The van der Waals surface area contributed by atoms with Crippen molar-refractivity contribution in [2.24, 2.45) is 0 Å². The van der Waals surface area contributed by atoms with Crippen molar-refractivity contribution in [1.82, 2.24) is 9.97 Å². The molecule has 0 unspecified atom stereocenters. The minimum absolute atomic E-state index is 0.203. The summed E-state index contributed by atoms with van der Waals surface area (Å²) in [5, 5.41) is 2.58. The van der Waals surface area contributed by atoms with E-state index in [0.29, 0.717) is 0 Å². The Morgan fingerprint density at radius 2 is 2.17 bits per heavy atom. The molecular weight excluding hydrogens is 164 g/mol. The number of aromatic nitrogens is 2. The second-order valence-corrected chi connectivity index (χ2v) is 2.40. The van der Waals surface area contributed by atoms with E-state index in [2.05, 4.69) is 15.3 Å². The number of anilines is 1. The van der Waals surface area contributed by atoms with Gasteiger partial charge in [-0.25, -0.2) is 9.97 Å². The Morgan fingerprint density at radius 1 is 1.50 bits per heavy atom. The number of nitrogens with one attached hydrogen (secondary N) is 1. The van der Waals surface area contributed by atoms with E-state index in [1.54, 1.807) is 7.05 Å². The molecule has 66 valence electrons. The summed E-state index contributed by atoms with van der Waals surface area (Å²) in [4.78, 5) is 7.31. The summed E-state index contributed by atoms with van der Waals surface area (Å²) < 4.78 is 25.3. The van der Waals surface area contributed by atoms with Gasteiger partial charge in [0.05, 0.1) is 0 Å². The van der Waals surface area contributed by atoms with Gasteiger partial charge in [-0.2, -0.15) is 8.78 Å². The first kappa shape index (κ1) is 8.83. The third-order valence-corrected chi connectivity index (χ3v) is 1.33. The summed E-state index contributed by atoms with van der Waals surface area (Å²) in [5.41, 5.74) is -0.276. The molecule has 0 radical (unpaired) electrons. The van der Waals surface area contributed by atoms with E-state index in [9.17, 15) is 8.78 Å². The zero-order valence-electron chi connectivity index (χ0n) is 6.81. The maximum Gasteiger partial charge on any atom is 0.287 e. The van der Waals surface area contributed by atoms with E-state index < -0.39 is 5.92 Å². The fourth-order valence-corrected chi connectivity index (χ4v) is 0.724. The van der Waals surface area contributed by atoms with Gasteiger partial charge < -0.3 is 5.32 Å². The van der Waals surface area contributed by atoms with Crippen molar-refractivity contribution in [1.29, 1.82) is 0 Å². The molecule has 1 heterocycles. The number of rotatable bonds is 2. The van der Waals surface area contributed by atoms with Gasteiger partial charge in [0.25, 0.3) is 5.92 Å². The van der Waals surface area contributed by atoms with E-state index in [-0.39, 0.29) is 11.6 Å². The van der Waals surface area contributed by atoms with Crippen LogP contribution in [0.3, 0.4) is 0 Å². The lowest BCUT2D eigenvalue weighted by Gasteiger charge is -2.09. The maximum atomic E-state index is 12.7. The Bertz CT molecular complexity index is 270. The van der Waals surface area contributed by atoms with Crippen LogP contribution in [-0.2, 0) is 5.92 Å². The normalized spacial score (nSPS) is 11.3. The number of alkyl halides is 2. The summed E-state index contributed by atoms with van der Waals surface area (Å²) in [7, 11) is 1.58. The largest absolute Gasteiger partial charge is 0.357 e. The fourth-order valence-electron chi connectivity index (χ4n) is 0.724. The molecular formula is C7H9F2N3. The Morgan fingerprint density at radius 3 is 2.67 bits per heavy atom. The van der Waals surface area contributed by atoms with Gasteiger partial charge in [0.15, 0.2) is 0 Å². The van der Waals surface area contributed by atoms with Crippen molar-refractivity contribution in [2.75, 3.05) is 12.4 Å². The van der Waals surface area contributed by atoms with Gasteiger partial charge in [-0.05, 0) is 6.07 Å². The smallest absolute Gasteiger partial charge is 0.287 e. The van der Waals surface area contributed by atoms with Crippen molar-refractivity contribution < 1.29 is 8.78 Å². The lowest BCUT2D eigenvalue weighted by molar-refractivity contribution is 0.0128. The molecule has 0 saturated heterocycles. The van der Waals surface area contributed by atoms with Crippen LogP contribution in [0, 0.1) is 0 Å². The topological polar surface area (TPSA) is 37.8 Å². The zero-order valence-corrected chi connectivity index (χ0v) is 6.81. The molecule has 3 nitrogen and oxygen atoms in total.